The molecule has 0 aliphatic carbocycles. The van der Waals surface area contributed by atoms with E-state index in [2.05, 4.69) is 15.4 Å². The van der Waals surface area contributed by atoms with Crippen LogP contribution in [0.5, 0.6) is 0 Å². The van der Waals surface area contributed by atoms with Crippen LogP contribution in [0.25, 0.3) is 11.5 Å². The number of carbonyl (C=O) groups excluding carboxylic acids is 1. The fourth-order valence-electron chi connectivity index (χ4n) is 1.82. The maximum atomic E-state index is 12.2. The van der Waals surface area contributed by atoms with Crippen molar-refractivity contribution < 1.29 is 13.7 Å². The van der Waals surface area contributed by atoms with Crippen LogP contribution >= 0.6 is 0 Å². The Labute approximate surface area is 114 Å². The predicted molar refractivity (Wildman–Crippen MR) is 68.6 cm³/mol. The number of nitrogens with one attached hydrogen (secondary N) is 1. The van der Waals surface area contributed by atoms with Crippen molar-refractivity contribution in [3.8, 4) is 11.5 Å². The smallest absolute Gasteiger partial charge is 0.276 e. The van der Waals surface area contributed by atoms with E-state index in [-0.39, 0.29) is 11.6 Å². The highest BCUT2D eigenvalue weighted by Gasteiger charge is 2.18. The van der Waals surface area contributed by atoms with Gasteiger partial charge in [0, 0.05) is 31.4 Å². The maximum Gasteiger partial charge on any atom is 0.276 e. The molecule has 0 aromatic carbocycles. The van der Waals surface area contributed by atoms with Gasteiger partial charge >= 0.3 is 0 Å². The Balaban J connectivity index is 1.74. The van der Waals surface area contributed by atoms with Gasteiger partial charge in [0.25, 0.3) is 5.91 Å². The SMILES string of the molecule is CN(Cc1cn[nH]c1)C(=O)c1cc(-c2ccco2)on1. The molecule has 0 bridgehead atoms. The van der Waals surface area contributed by atoms with E-state index in [4.69, 9.17) is 8.94 Å². The second-order valence-electron chi connectivity index (χ2n) is 4.32. The number of hydrogen-bond donors (Lipinski definition) is 1. The Bertz CT molecular complexity index is 685. The lowest BCUT2D eigenvalue weighted by molar-refractivity contribution is 0.0775. The summed E-state index contributed by atoms with van der Waals surface area (Å²) < 4.78 is 10.3. The molecule has 1 amide bonds. The number of rotatable bonds is 4. The largest absolute Gasteiger partial charge is 0.461 e. The summed E-state index contributed by atoms with van der Waals surface area (Å²) in [7, 11) is 1.69. The van der Waals surface area contributed by atoms with E-state index in [0.717, 1.165) is 5.56 Å². The van der Waals surface area contributed by atoms with Crippen LogP contribution in [0.3, 0.4) is 0 Å². The van der Waals surface area contributed by atoms with Gasteiger partial charge in [-0.15, -0.1) is 0 Å². The Morgan fingerprint density at radius 2 is 2.35 bits per heavy atom. The van der Waals surface area contributed by atoms with Crippen molar-refractivity contribution in [1.29, 1.82) is 0 Å². The van der Waals surface area contributed by atoms with Gasteiger partial charge in [0.2, 0.25) is 5.76 Å². The molecule has 0 saturated carbocycles. The lowest BCUT2D eigenvalue weighted by Gasteiger charge is -2.13. The van der Waals surface area contributed by atoms with Crippen LogP contribution in [0.2, 0.25) is 0 Å². The first-order chi connectivity index (χ1) is 9.74. The van der Waals surface area contributed by atoms with Crippen molar-refractivity contribution in [3.63, 3.8) is 0 Å². The number of furan rings is 1. The van der Waals surface area contributed by atoms with E-state index in [9.17, 15) is 4.79 Å². The van der Waals surface area contributed by atoms with Crippen molar-refractivity contribution >= 4 is 5.91 Å². The van der Waals surface area contributed by atoms with Gasteiger partial charge in [0.05, 0.1) is 12.5 Å². The third-order valence-electron chi connectivity index (χ3n) is 2.81. The quantitative estimate of drug-likeness (QED) is 0.784. The van der Waals surface area contributed by atoms with Crippen molar-refractivity contribution in [2.75, 3.05) is 7.05 Å². The van der Waals surface area contributed by atoms with Crippen molar-refractivity contribution in [2.24, 2.45) is 0 Å². The molecule has 102 valence electrons. The molecule has 0 atom stereocenters. The van der Waals surface area contributed by atoms with Crippen LogP contribution in [-0.2, 0) is 6.54 Å². The highest BCUT2D eigenvalue weighted by Crippen LogP contribution is 2.21. The highest BCUT2D eigenvalue weighted by atomic mass is 16.5. The zero-order valence-electron chi connectivity index (χ0n) is 10.7. The average molecular weight is 272 g/mol. The van der Waals surface area contributed by atoms with E-state index >= 15 is 0 Å². The van der Waals surface area contributed by atoms with Crippen molar-refractivity contribution in [3.05, 3.63) is 48.1 Å². The second-order valence-corrected chi connectivity index (χ2v) is 4.32. The molecule has 0 radical (unpaired) electrons. The van der Waals surface area contributed by atoms with E-state index in [1.54, 1.807) is 37.6 Å². The maximum absolute atomic E-state index is 12.2. The first-order valence-electron chi connectivity index (χ1n) is 5.98. The number of H-pyrrole nitrogens is 1. The van der Waals surface area contributed by atoms with E-state index in [1.165, 1.54) is 11.2 Å². The number of amides is 1. The number of carbonyl (C=O) groups is 1. The molecule has 3 aromatic rings. The van der Waals surface area contributed by atoms with Crippen LogP contribution in [0.15, 0.2) is 45.8 Å². The van der Waals surface area contributed by atoms with Gasteiger partial charge in [0.1, 0.15) is 0 Å². The van der Waals surface area contributed by atoms with Crippen molar-refractivity contribution in [2.45, 2.75) is 6.54 Å². The molecule has 0 spiro atoms. The highest BCUT2D eigenvalue weighted by molar-refractivity contribution is 5.92. The average Bonchev–Trinajstić information content (AvgIpc) is 3.18. The van der Waals surface area contributed by atoms with Gasteiger partial charge < -0.3 is 13.8 Å². The lowest BCUT2D eigenvalue weighted by Crippen LogP contribution is -2.26. The Morgan fingerprint density at radius 1 is 1.45 bits per heavy atom. The van der Waals surface area contributed by atoms with Crippen LogP contribution in [0.4, 0.5) is 0 Å². The molecule has 1 N–H and O–H groups in total. The van der Waals surface area contributed by atoms with Crippen LogP contribution in [-0.4, -0.2) is 33.2 Å². The molecule has 7 heteroatoms. The Hall–Kier alpha value is -2.83. The Morgan fingerprint density at radius 3 is 3.05 bits per heavy atom. The second kappa shape index (κ2) is 5.04. The number of aromatic nitrogens is 3. The third-order valence-corrected chi connectivity index (χ3v) is 2.81. The summed E-state index contributed by atoms with van der Waals surface area (Å²) in [5.41, 5.74) is 1.15. The van der Waals surface area contributed by atoms with E-state index in [0.29, 0.717) is 18.1 Å². The van der Waals surface area contributed by atoms with Crippen LogP contribution in [0, 0.1) is 0 Å². The minimum atomic E-state index is -0.229. The normalized spacial score (nSPS) is 10.7. The predicted octanol–water partition coefficient (Wildman–Crippen LogP) is 1.93. The fourth-order valence-corrected chi connectivity index (χ4v) is 1.82. The van der Waals surface area contributed by atoms with Gasteiger partial charge in [-0.25, -0.2) is 0 Å². The molecular formula is C13H12N4O3. The lowest BCUT2D eigenvalue weighted by atomic mass is 10.2. The number of aromatic amines is 1. The number of hydrogen-bond acceptors (Lipinski definition) is 5. The molecule has 20 heavy (non-hydrogen) atoms. The summed E-state index contributed by atoms with van der Waals surface area (Å²) in [6, 6.07) is 5.04. The van der Waals surface area contributed by atoms with Crippen LogP contribution < -0.4 is 0 Å². The molecule has 0 fully saturated rings. The van der Waals surface area contributed by atoms with Crippen LogP contribution in [0.1, 0.15) is 16.1 Å². The number of nitrogens with zero attached hydrogens (tertiary/aromatic N) is 3. The zero-order chi connectivity index (χ0) is 13.9. The van der Waals surface area contributed by atoms with Gasteiger partial charge in [0.15, 0.2) is 11.5 Å². The summed E-state index contributed by atoms with van der Waals surface area (Å²) in [6.45, 7) is 0.443. The van der Waals surface area contributed by atoms with Gasteiger partial charge in [-0.2, -0.15) is 5.10 Å². The molecule has 3 rings (SSSR count). The molecular weight excluding hydrogens is 260 g/mol. The molecule has 3 heterocycles. The third kappa shape index (κ3) is 2.33. The first-order valence-corrected chi connectivity index (χ1v) is 5.98. The van der Waals surface area contributed by atoms with Gasteiger partial charge in [-0.05, 0) is 12.1 Å². The zero-order valence-corrected chi connectivity index (χ0v) is 10.7. The summed E-state index contributed by atoms with van der Waals surface area (Å²) >= 11 is 0. The summed E-state index contributed by atoms with van der Waals surface area (Å²) in [5, 5.41) is 10.3. The standard InChI is InChI=1S/C13H12N4O3/c1-17(8-9-6-14-15-7-9)13(18)10-5-12(20-16-10)11-3-2-4-19-11/h2-7H,8H2,1H3,(H,14,15). The molecule has 0 aliphatic heterocycles. The summed E-state index contributed by atoms with van der Waals surface area (Å²) in [4.78, 5) is 13.7. The summed E-state index contributed by atoms with van der Waals surface area (Å²) in [6.07, 6.45) is 4.94. The topological polar surface area (TPSA) is 88.2 Å². The van der Waals surface area contributed by atoms with E-state index < -0.39 is 0 Å². The molecule has 0 aliphatic rings. The monoisotopic (exact) mass is 272 g/mol. The van der Waals surface area contributed by atoms with Gasteiger partial charge in [-0.1, -0.05) is 5.16 Å². The summed E-state index contributed by atoms with van der Waals surface area (Å²) in [5.74, 6) is 0.733. The fraction of sp³-hybridized carbons (Fsp3) is 0.154. The molecule has 0 unspecified atom stereocenters. The molecule has 3 aromatic heterocycles. The minimum Gasteiger partial charge on any atom is -0.461 e. The Kier molecular flexibility index (Phi) is 3.08. The molecule has 7 nitrogen and oxygen atoms in total. The van der Waals surface area contributed by atoms with Crippen molar-refractivity contribution in [1.82, 2.24) is 20.3 Å². The molecule has 0 saturated heterocycles. The minimum absolute atomic E-state index is 0.229. The van der Waals surface area contributed by atoms with E-state index in [1.807, 2.05) is 0 Å². The first kappa shape index (κ1) is 12.2. The van der Waals surface area contributed by atoms with Gasteiger partial charge in [-0.3, -0.25) is 9.89 Å².